The van der Waals surface area contributed by atoms with Gasteiger partial charge in [-0.2, -0.15) is 0 Å². The molecule has 0 spiro atoms. The number of amides is 5. The first-order valence-electron chi connectivity index (χ1n) is 23.6. The van der Waals surface area contributed by atoms with E-state index in [9.17, 15) is 33.6 Å². The summed E-state index contributed by atoms with van der Waals surface area (Å²) in [5.41, 5.74) is 2.40. The van der Waals surface area contributed by atoms with Gasteiger partial charge in [0.1, 0.15) is 0 Å². The molecule has 0 saturated carbocycles. The first-order valence-corrected chi connectivity index (χ1v) is 28.4. The van der Waals surface area contributed by atoms with Crippen molar-refractivity contribution < 1.29 is 52.1 Å². The lowest BCUT2D eigenvalue weighted by Crippen LogP contribution is -2.45. The minimum absolute atomic E-state index is 0.0223. The van der Waals surface area contributed by atoms with Gasteiger partial charge in [-0.1, -0.05) is 92.1 Å². The second kappa shape index (κ2) is 28.9. The van der Waals surface area contributed by atoms with E-state index in [4.69, 9.17) is 18.5 Å². The molecule has 0 aliphatic carbocycles. The van der Waals surface area contributed by atoms with Crippen LogP contribution < -0.4 is 5.32 Å². The second-order valence-corrected chi connectivity index (χ2v) is 27.5. The second-order valence-electron chi connectivity index (χ2n) is 18.5. The molecule has 1 aromatic rings. The minimum Gasteiger partial charge on any atom is -0.417 e. The molecular formula is C47H79N3O11Si2. The fourth-order valence-electron chi connectivity index (χ4n) is 8.65. The van der Waals surface area contributed by atoms with Crippen LogP contribution in [0.15, 0.2) is 30.3 Å². The van der Waals surface area contributed by atoms with Gasteiger partial charge in [-0.05, 0) is 98.1 Å². The summed E-state index contributed by atoms with van der Waals surface area (Å²) in [6.45, 7) is 22.1. The van der Waals surface area contributed by atoms with Crippen LogP contribution in [-0.2, 0) is 58.5 Å². The highest BCUT2D eigenvalue weighted by Gasteiger charge is 2.41. The van der Waals surface area contributed by atoms with E-state index in [0.717, 1.165) is 69.5 Å². The van der Waals surface area contributed by atoms with Gasteiger partial charge in [0.25, 0.3) is 23.6 Å². The zero-order chi connectivity index (χ0) is 47.0. The predicted molar refractivity (Wildman–Crippen MR) is 247 cm³/mol. The number of hydrogen-bond acceptors (Lipinski definition) is 11. The zero-order valence-electron chi connectivity index (χ0n) is 39.9. The van der Waals surface area contributed by atoms with Crippen molar-refractivity contribution in [2.75, 3.05) is 19.8 Å². The van der Waals surface area contributed by atoms with Crippen LogP contribution in [-0.4, -0.2) is 88.0 Å². The standard InChI is InChI=1S/C27H43NO5Si.C20H36N2O6Si/c1-22(2)20-34(21-23(3)4,32-18-10-8-14-24-12-6-5-7-13-24)19-11-9-15-27(31)33-28-25(29)16-17-26(28)30;1-6-27-29(15(2)3,16(4)5)14-8-13-21-17(23)9-7-10-20(26)28-22-18(24)11-12-19(22)25/h5-7,12-13,22-23H,8-11,14-21H2,1-4H3;15-16H,6-14H2,1-5H3,(H,21,23). The predicted octanol–water partition coefficient (Wildman–Crippen LogP) is 9.13. The summed E-state index contributed by atoms with van der Waals surface area (Å²) in [7, 11) is -3.82. The number of nitrogens with one attached hydrogen (secondary N) is 1. The van der Waals surface area contributed by atoms with Crippen LogP contribution >= 0.6 is 0 Å². The van der Waals surface area contributed by atoms with Gasteiger partial charge in [-0.3, -0.25) is 24.0 Å². The molecule has 5 amide bonds. The van der Waals surface area contributed by atoms with Crippen LogP contribution in [0.5, 0.6) is 0 Å². The molecule has 0 unspecified atom stereocenters. The van der Waals surface area contributed by atoms with Crippen LogP contribution in [0.1, 0.15) is 151 Å². The van der Waals surface area contributed by atoms with E-state index in [1.165, 1.54) is 5.56 Å². The molecule has 356 valence electrons. The summed E-state index contributed by atoms with van der Waals surface area (Å²) < 4.78 is 13.0. The van der Waals surface area contributed by atoms with E-state index < -0.39 is 52.2 Å². The Labute approximate surface area is 379 Å². The number of hydrogen-bond donors (Lipinski definition) is 1. The Balaban J connectivity index is 0.000000439. The molecule has 0 aromatic heterocycles. The lowest BCUT2D eigenvalue weighted by atomic mass is 10.1. The molecule has 2 heterocycles. The summed E-state index contributed by atoms with van der Waals surface area (Å²) in [6.07, 6.45) is 6.76. The summed E-state index contributed by atoms with van der Waals surface area (Å²) in [5, 5.41) is 4.06. The smallest absolute Gasteiger partial charge is 0.333 e. The molecule has 63 heavy (non-hydrogen) atoms. The normalized spacial score (nSPS) is 14.6. The van der Waals surface area contributed by atoms with Crippen molar-refractivity contribution in [3.8, 4) is 0 Å². The third-order valence-corrected chi connectivity index (χ3v) is 22.6. The number of benzene rings is 1. The maximum absolute atomic E-state index is 12.1. The van der Waals surface area contributed by atoms with E-state index in [1.54, 1.807) is 0 Å². The van der Waals surface area contributed by atoms with Crippen molar-refractivity contribution >= 4 is 58.1 Å². The van der Waals surface area contributed by atoms with Gasteiger partial charge < -0.3 is 23.8 Å². The van der Waals surface area contributed by atoms with E-state index in [1.807, 2.05) is 6.92 Å². The largest absolute Gasteiger partial charge is 0.417 e. The molecule has 2 aliphatic rings. The highest BCUT2D eigenvalue weighted by atomic mass is 28.4. The van der Waals surface area contributed by atoms with Gasteiger partial charge in [0, 0.05) is 64.7 Å². The SMILES string of the molecule is CC(C)C[Si](CCCCC(=O)ON1C(=O)CCC1=O)(CC(C)C)OCCCCc1ccccc1.CCO[Si](CCCNC(=O)CCCC(=O)ON1C(=O)CCC1=O)(C(C)C)C(C)C. The number of unbranched alkanes of at least 4 members (excludes halogenated alkanes) is 2. The lowest BCUT2D eigenvalue weighted by molar-refractivity contribution is -0.197. The summed E-state index contributed by atoms with van der Waals surface area (Å²) in [6, 6.07) is 14.9. The molecule has 1 aromatic carbocycles. The van der Waals surface area contributed by atoms with Crippen molar-refractivity contribution in [3.05, 3.63) is 35.9 Å². The molecule has 16 heteroatoms. The van der Waals surface area contributed by atoms with E-state index >= 15 is 0 Å². The van der Waals surface area contributed by atoms with E-state index in [-0.39, 0.29) is 50.9 Å². The van der Waals surface area contributed by atoms with Crippen molar-refractivity contribution in [2.24, 2.45) is 11.8 Å². The first kappa shape index (κ1) is 55.4. The van der Waals surface area contributed by atoms with Gasteiger partial charge >= 0.3 is 11.9 Å². The van der Waals surface area contributed by atoms with Gasteiger partial charge in [0.05, 0.1) is 0 Å². The summed E-state index contributed by atoms with van der Waals surface area (Å²) >= 11 is 0. The highest BCUT2D eigenvalue weighted by molar-refractivity contribution is 6.76. The van der Waals surface area contributed by atoms with Crippen molar-refractivity contribution in [3.63, 3.8) is 0 Å². The highest BCUT2D eigenvalue weighted by Crippen LogP contribution is 2.38. The number of rotatable bonds is 29. The Bertz CT molecular complexity index is 1560. The molecule has 1 N–H and O–H groups in total. The third kappa shape index (κ3) is 20.3. The van der Waals surface area contributed by atoms with Crippen molar-refractivity contribution in [1.82, 2.24) is 15.4 Å². The Hall–Kier alpha value is -3.74. The first-order chi connectivity index (χ1) is 29.8. The Morgan fingerprint density at radius 3 is 1.60 bits per heavy atom. The quantitative estimate of drug-likeness (QED) is 0.0461. The van der Waals surface area contributed by atoms with Crippen LogP contribution in [0.2, 0.25) is 35.3 Å². The zero-order valence-corrected chi connectivity index (χ0v) is 41.9. The number of hydroxylamine groups is 4. The topological polar surface area (TPSA) is 175 Å². The molecule has 2 aliphatic heterocycles. The monoisotopic (exact) mass is 918 g/mol. The molecule has 3 rings (SSSR count). The number of carbonyl (C=O) groups excluding carboxylic acids is 7. The van der Waals surface area contributed by atoms with Crippen LogP contribution in [0.4, 0.5) is 0 Å². The fourth-order valence-corrected chi connectivity index (χ4v) is 18.6. The lowest BCUT2D eigenvalue weighted by Gasteiger charge is -2.38. The molecule has 2 fully saturated rings. The van der Waals surface area contributed by atoms with E-state index in [2.05, 4.69) is 91.0 Å². The number of carbonyl (C=O) groups is 7. The molecule has 0 radical (unpaired) electrons. The van der Waals surface area contributed by atoms with Gasteiger partial charge in [-0.15, -0.1) is 10.1 Å². The Kier molecular flexibility index (Phi) is 25.4. The number of aryl methyl sites for hydroxylation is 1. The maximum Gasteiger partial charge on any atom is 0.333 e. The van der Waals surface area contributed by atoms with Crippen LogP contribution in [0.3, 0.4) is 0 Å². The molecule has 0 atom stereocenters. The maximum atomic E-state index is 12.1. The third-order valence-electron chi connectivity index (χ3n) is 11.6. The number of nitrogens with zero attached hydrogens (tertiary/aromatic N) is 2. The molecule has 14 nitrogen and oxygen atoms in total. The summed E-state index contributed by atoms with van der Waals surface area (Å²) in [5.74, 6) is -2.03. The average Bonchev–Trinajstić information content (AvgIpc) is 3.70. The molecular weight excluding hydrogens is 839 g/mol. The van der Waals surface area contributed by atoms with Crippen LogP contribution in [0.25, 0.3) is 0 Å². The van der Waals surface area contributed by atoms with Gasteiger partial charge in [-0.25, -0.2) is 9.59 Å². The minimum atomic E-state index is -1.95. The summed E-state index contributed by atoms with van der Waals surface area (Å²) in [4.78, 5) is 91.7. The van der Waals surface area contributed by atoms with E-state index in [0.29, 0.717) is 52.4 Å². The molecule has 2 saturated heterocycles. The Morgan fingerprint density at radius 2 is 1.13 bits per heavy atom. The van der Waals surface area contributed by atoms with Crippen molar-refractivity contribution in [1.29, 1.82) is 0 Å². The Morgan fingerprint density at radius 1 is 0.619 bits per heavy atom. The van der Waals surface area contributed by atoms with Gasteiger partial charge in [0.2, 0.25) is 5.91 Å². The molecule has 0 bridgehead atoms. The van der Waals surface area contributed by atoms with Gasteiger partial charge in [0.15, 0.2) is 16.6 Å². The van der Waals surface area contributed by atoms with Crippen molar-refractivity contribution in [2.45, 2.75) is 187 Å². The average molecular weight is 918 g/mol. The number of imide groups is 2. The van der Waals surface area contributed by atoms with Crippen LogP contribution in [0, 0.1) is 11.8 Å². The fraction of sp³-hybridized carbons (Fsp3) is 0.723.